The van der Waals surface area contributed by atoms with Crippen LogP contribution in [0, 0.1) is 0 Å². The maximum Gasteiger partial charge on any atom is 0.248 e. The summed E-state index contributed by atoms with van der Waals surface area (Å²) in [6, 6.07) is 10.9. The first-order valence-electron chi connectivity index (χ1n) is 6.79. The molecule has 0 saturated heterocycles. The molecule has 0 aliphatic heterocycles. The average Bonchev–Trinajstić information content (AvgIpc) is 2.56. The second-order valence-corrected chi connectivity index (χ2v) is 7.45. The van der Waals surface area contributed by atoms with Crippen LogP contribution in [0.3, 0.4) is 0 Å². The third-order valence-electron chi connectivity index (χ3n) is 3.08. The monoisotopic (exact) mass is 384 g/mol. The summed E-state index contributed by atoms with van der Waals surface area (Å²) in [6.07, 6.45) is 2.89. The molecule has 0 unspecified atom stereocenters. The first-order valence-corrected chi connectivity index (χ1v) is 9.03. The molecule has 2 aromatic rings. The van der Waals surface area contributed by atoms with Crippen LogP contribution >= 0.6 is 23.2 Å². The minimum Gasteiger partial charge on any atom is -0.321 e. The van der Waals surface area contributed by atoms with Crippen LogP contribution < -0.4 is 10.0 Å². The zero-order valence-electron chi connectivity index (χ0n) is 12.6. The molecule has 0 fully saturated rings. The predicted octanol–water partition coefficient (Wildman–Crippen LogP) is 3.55. The Bertz CT molecular complexity index is 879. The van der Waals surface area contributed by atoms with E-state index in [2.05, 4.69) is 10.0 Å². The summed E-state index contributed by atoms with van der Waals surface area (Å²) in [7, 11) is -2.13. The van der Waals surface area contributed by atoms with Crippen LogP contribution in [0.4, 0.5) is 5.69 Å². The number of carbonyl (C=O) groups excluding carboxylic acids is 1. The number of halogens is 2. The van der Waals surface area contributed by atoms with E-state index < -0.39 is 10.0 Å². The highest BCUT2D eigenvalue weighted by Gasteiger charge is 2.10. The van der Waals surface area contributed by atoms with Crippen LogP contribution in [0.1, 0.15) is 5.56 Å². The lowest BCUT2D eigenvalue weighted by Gasteiger charge is -2.05. The van der Waals surface area contributed by atoms with E-state index in [1.165, 1.54) is 31.3 Å². The zero-order valence-corrected chi connectivity index (χ0v) is 14.9. The molecule has 0 bridgehead atoms. The lowest BCUT2D eigenvalue weighted by molar-refractivity contribution is -0.111. The van der Waals surface area contributed by atoms with Crippen molar-refractivity contribution in [3.8, 4) is 0 Å². The summed E-state index contributed by atoms with van der Waals surface area (Å²) in [5.41, 5.74) is 1.13. The van der Waals surface area contributed by atoms with Crippen molar-refractivity contribution in [3.05, 3.63) is 64.1 Å². The van der Waals surface area contributed by atoms with E-state index in [9.17, 15) is 13.2 Å². The average molecular weight is 385 g/mol. The molecule has 0 aliphatic rings. The summed E-state index contributed by atoms with van der Waals surface area (Å²) in [4.78, 5) is 12.1. The Kier molecular flexibility index (Phi) is 6.01. The van der Waals surface area contributed by atoms with Gasteiger partial charge in [0.1, 0.15) is 0 Å². The number of anilines is 1. The third kappa shape index (κ3) is 4.82. The zero-order chi connectivity index (χ0) is 17.7. The number of sulfonamides is 1. The summed E-state index contributed by atoms with van der Waals surface area (Å²) < 4.78 is 25.5. The molecule has 24 heavy (non-hydrogen) atoms. The van der Waals surface area contributed by atoms with Gasteiger partial charge in [-0.25, -0.2) is 13.1 Å². The maximum absolute atomic E-state index is 11.9. The molecule has 0 saturated carbocycles. The van der Waals surface area contributed by atoms with E-state index in [1.54, 1.807) is 30.3 Å². The largest absolute Gasteiger partial charge is 0.321 e. The number of carbonyl (C=O) groups is 1. The first-order chi connectivity index (χ1) is 11.3. The molecule has 2 aromatic carbocycles. The van der Waals surface area contributed by atoms with Crippen LogP contribution in [0.2, 0.25) is 10.0 Å². The molecule has 8 heteroatoms. The van der Waals surface area contributed by atoms with Crippen molar-refractivity contribution in [3.63, 3.8) is 0 Å². The normalized spacial score (nSPS) is 11.6. The molecular weight excluding hydrogens is 371 g/mol. The van der Waals surface area contributed by atoms with Crippen molar-refractivity contribution in [1.29, 1.82) is 0 Å². The van der Waals surface area contributed by atoms with E-state index >= 15 is 0 Å². The molecule has 0 heterocycles. The van der Waals surface area contributed by atoms with E-state index in [1.807, 2.05) is 0 Å². The quantitative estimate of drug-likeness (QED) is 0.773. The summed E-state index contributed by atoms with van der Waals surface area (Å²) >= 11 is 11.8. The minimum absolute atomic E-state index is 0.152. The Balaban J connectivity index is 2.06. The SMILES string of the molecule is CNS(=O)(=O)c1ccc(/C=C/C(=O)Nc2ccc(Cl)cc2Cl)cc1. The molecule has 5 nitrogen and oxygen atoms in total. The smallest absolute Gasteiger partial charge is 0.248 e. The van der Waals surface area contributed by atoms with Gasteiger partial charge in [0.25, 0.3) is 0 Å². The molecule has 1 amide bonds. The van der Waals surface area contributed by atoms with Crippen molar-refractivity contribution in [2.45, 2.75) is 4.90 Å². The molecule has 2 N–H and O–H groups in total. The van der Waals surface area contributed by atoms with Crippen LogP contribution in [-0.2, 0) is 14.8 Å². The molecule has 2 rings (SSSR count). The van der Waals surface area contributed by atoms with Gasteiger partial charge < -0.3 is 5.32 Å². The van der Waals surface area contributed by atoms with Crippen molar-refractivity contribution < 1.29 is 13.2 Å². The van der Waals surface area contributed by atoms with Crippen LogP contribution in [0.5, 0.6) is 0 Å². The van der Waals surface area contributed by atoms with Crippen LogP contribution in [0.15, 0.2) is 53.4 Å². The minimum atomic E-state index is -3.47. The maximum atomic E-state index is 11.9. The standard InChI is InChI=1S/C16H14Cl2N2O3S/c1-19-24(22,23)13-6-2-11(3-7-13)4-9-16(21)20-15-8-5-12(17)10-14(15)18/h2-10,19H,1H3,(H,20,21)/b9-4+. The Morgan fingerprint density at radius 1 is 1.08 bits per heavy atom. The van der Waals surface area contributed by atoms with Gasteiger partial charge in [0.15, 0.2) is 0 Å². The Labute approximate surface area is 150 Å². The van der Waals surface area contributed by atoms with Gasteiger partial charge in [0.05, 0.1) is 15.6 Å². The number of hydrogen-bond acceptors (Lipinski definition) is 3. The summed E-state index contributed by atoms with van der Waals surface area (Å²) in [6.45, 7) is 0. The molecule has 0 spiro atoms. The molecule has 0 radical (unpaired) electrons. The Morgan fingerprint density at radius 3 is 2.33 bits per heavy atom. The number of benzene rings is 2. The third-order valence-corrected chi connectivity index (χ3v) is 5.05. The second kappa shape index (κ2) is 7.81. The first kappa shape index (κ1) is 18.5. The summed E-state index contributed by atoms with van der Waals surface area (Å²) in [5, 5.41) is 3.45. The topological polar surface area (TPSA) is 75.3 Å². The lowest BCUT2D eigenvalue weighted by Crippen LogP contribution is -2.18. The van der Waals surface area contributed by atoms with Crippen molar-refractivity contribution in [1.82, 2.24) is 4.72 Å². The second-order valence-electron chi connectivity index (χ2n) is 4.72. The van der Waals surface area contributed by atoms with E-state index in [0.717, 1.165) is 0 Å². The van der Waals surface area contributed by atoms with E-state index in [-0.39, 0.29) is 10.8 Å². The Hall–Kier alpha value is -1.86. The van der Waals surface area contributed by atoms with E-state index in [0.29, 0.717) is 21.3 Å². The molecular formula is C16H14Cl2N2O3S. The van der Waals surface area contributed by atoms with Crippen molar-refractivity contribution in [2.75, 3.05) is 12.4 Å². The van der Waals surface area contributed by atoms with Gasteiger partial charge in [-0.1, -0.05) is 35.3 Å². The van der Waals surface area contributed by atoms with Gasteiger partial charge in [-0.2, -0.15) is 0 Å². The number of rotatable bonds is 5. The molecule has 126 valence electrons. The van der Waals surface area contributed by atoms with Crippen molar-refractivity contribution >= 4 is 50.9 Å². The van der Waals surface area contributed by atoms with Gasteiger partial charge in [0.2, 0.25) is 15.9 Å². The van der Waals surface area contributed by atoms with Crippen LogP contribution in [-0.4, -0.2) is 21.4 Å². The predicted molar refractivity (Wildman–Crippen MR) is 96.8 cm³/mol. The lowest BCUT2D eigenvalue weighted by atomic mass is 10.2. The fraction of sp³-hybridized carbons (Fsp3) is 0.0625. The highest BCUT2D eigenvalue weighted by atomic mass is 35.5. The van der Waals surface area contributed by atoms with E-state index in [4.69, 9.17) is 23.2 Å². The number of nitrogens with one attached hydrogen (secondary N) is 2. The fourth-order valence-electron chi connectivity index (χ4n) is 1.81. The van der Waals surface area contributed by atoms with Gasteiger partial charge in [-0.3, -0.25) is 4.79 Å². The van der Waals surface area contributed by atoms with Gasteiger partial charge in [0, 0.05) is 11.1 Å². The number of hydrogen-bond donors (Lipinski definition) is 2. The highest BCUT2D eigenvalue weighted by molar-refractivity contribution is 7.89. The fourth-order valence-corrected chi connectivity index (χ4v) is 3.00. The molecule has 0 aliphatic carbocycles. The van der Waals surface area contributed by atoms with Gasteiger partial charge >= 0.3 is 0 Å². The number of amides is 1. The van der Waals surface area contributed by atoms with Gasteiger partial charge in [-0.15, -0.1) is 0 Å². The van der Waals surface area contributed by atoms with Gasteiger partial charge in [-0.05, 0) is 49.0 Å². The highest BCUT2D eigenvalue weighted by Crippen LogP contribution is 2.25. The molecule has 0 aromatic heterocycles. The molecule has 0 atom stereocenters. The Morgan fingerprint density at radius 2 is 1.75 bits per heavy atom. The summed E-state index contributed by atoms with van der Waals surface area (Å²) in [5.74, 6) is -0.369. The van der Waals surface area contributed by atoms with Crippen LogP contribution in [0.25, 0.3) is 6.08 Å². The van der Waals surface area contributed by atoms with Crippen molar-refractivity contribution in [2.24, 2.45) is 0 Å².